The van der Waals surface area contributed by atoms with Gasteiger partial charge in [0, 0.05) is 64.2 Å². The molecule has 3 aliphatic carbocycles. The third-order valence-electron chi connectivity index (χ3n) is 8.52. The first-order valence-corrected chi connectivity index (χ1v) is 14.8. The number of benzene rings is 1. The lowest BCUT2D eigenvalue weighted by molar-refractivity contribution is -0.129. The van der Waals surface area contributed by atoms with Crippen LogP contribution in [0.3, 0.4) is 0 Å². The number of carbonyl (C=O) groups is 1. The van der Waals surface area contributed by atoms with Crippen molar-refractivity contribution in [1.29, 1.82) is 0 Å². The van der Waals surface area contributed by atoms with Crippen molar-refractivity contribution in [2.75, 3.05) is 52.4 Å². The SMILES string of the molecule is C1CNCCN1.C1CNCCN1.C[C@]12CC[C@@H]3c4ccc(OS(=O)(=O)O)cc4CC[C@H]3[C@@H]1CCC2=O. The molecule has 9 nitrogen and oxygen atoms in total. The number of nitrogens with one attached hydrogen (secondary N) is 4. The van der Waals surface area contributed by atoms with Crippen LogP contribution in [-0.2, 0) is 21.6 Å². The highest BCUT2D eigenvalue weighted by Gasteiger charge is 2.54. The van der Waals surface area contributed by atoms with Gasteiger partial charge in [0.2, 0.25) is 0 Å². The monoisotopic (exact) mass is 522 g/mol. The van der Waals surface area contributed by atoms with E-state index >= 15 is 0 Å². The maximum absolute atomic E-state index is 12.3. The molecule has 0 unspecified atom stereocenters. The zero-order valence-corrected chi connectivity index (χ0v) is 22.2. The number of carbonyl (C=O) groups excluding carboxylic acids is 1. The van der Waals surface area contributed by atoms with Gasteiger partial charge >= 0.3 is 10.4 Å². The Morgan fingerprint density at radius 2 is 1.47 bits per heavy atom. The van der Waals surface area contributed by atoms with Gasteiger partial charge in [0.15, 0.2) is 0 Å². The summed E-state index contributed by atoms with van der Waals surface area (Å²) in [6, 6.07) is 5.28. The topological polar surface area (TPSA) is 129 Å². The molecule has 2 aliphatic heterocycles. The van der Waals surface area contributed by atoms with E-state index in [9.17, 15) is 13.2 Å². The molecule has 2 saturated heterocycles. The zero-order valence-electron chi connectivity index (χ0n) is 21.4. The molecule has 2 heterocycles. The fraction of sp³-hybridized carbons (Fsp3) is 0.731. The summed E-state index contributed by atoms with van der Waals surface area (Å²) < 4.78 is 35.2. The summed E-state index contributed by atoms with van der Waals surface area (Å²) in [5, 5.41) is 12.9. The number of fused-ring (bicyclic) bond motifs is 5. The lowest BCUT2D eigenvalue weighted by Gasteiger charge is -2.48. The van der Waals surface area contributed by atoms with Crippen LogP contribution in [0.4, 0.5) is 0 Å². The van der Waals surface area contributed by atoms with Crippen molar-refractivity contribution in [3.63, 3.8) is 0 Å². The van der Waals surface area contributed by atoms with E-state index in [1.807, 2.05) is 6.07 Å². The molecule has 0 aromatic heterocycles. The number of hydrogen-bond donors (Lipinski definition) is 5. The molecule has 1 aromatic rings. The van der Waals surface area contributed by atoms with Gasteiger partial charge in [-0.25, -0.2) is 0 Å². The molecule has 4 atom stereocenters. The standard InChI is InChI=1S/C18H22O5S.2C4H10N2/c1-18-9-8-14-13-5-3-12(23-24(20,21)22)10-11(13)2-4-15(14)16(18)6-7-17(18)19;2*1-2-6-4-3-5-1/h3,5,10,14-16H,2,4,6-9H2,1H3,(H,20,21,22);2*5-6H,1-4H2/t14-,15-,16+,18+;;/m1../s1. The number of Topliss-reactive ketones (excluding diaryl/α,β-unsaturated/α-hetero) is 1. The van der Waals surface area contributed by atoms with E-state index in [-0.39, 0.29) is 11.2 Å². The van der Waals surface area contributed by atoms with Crippen LogP contribution in [0, 0.1) is 17.3 Å². The summed E-state index contributed by atoms with van der Waals surface area (Å²) in [5.41, 5.74) is 2.23. The fourth-order valence-electron chi connectivity index (χ4n) is 6.71. The molecule has 202 valence electrons. The molecule has 1 aromatic carbocycles. The summed E-state index contributed by atoms with van der Waals surface area (Å²) in [7, 11) is -4.49. The first kappa shape index (κ1) is 27.5. The van der Waals surface area contributed by atoms with Crippen molar-refractivity contribution in [1.82, 2.24) is 21.3 Å². The second-order valence-electron chi connectivity index (χ2n) is 10.7. The van der Waals surface area contributed by atoms with Crippen LogP contribution in [0.25, 0.3) is 0 Å². The van der Waals surface area contributed by atoms with Crippen molar-refractivity contribution in [3.8, 4) is 5.75 Å². The highest BCUT2D eigenvalue weighted by molar-refractivity contribution is 7.81. The summed E-state index contributed by atoms with van der Waals surface area (Å²) in [5.74, 6) is 2.05. The largest absolute Gasteiger partial charge is 0.446 e. The Labute approximate surface area is 215 Å². The van der Waals surface area contributed by atoms with Gasteiger partial charge in [-0.3, -0.25) is 9.35 Å². The lowest BCUT2D eigenvalue weighted by Crippen LogP contribution is -2.42. The van der Waals surface area contributed by atoms with E-state index in [2.05, 4.69) is 32.4 Å². The predicted molar refractivity (Wildman–Crippen MR) is 140 cm³/mol. The number of ketones is 1. The van der Waals surface area contributed by atoms with Crippen molar-refractivity contribution in [2.24, 2.45) is 17.3 Å². The Bertz CT molecular complexity index is 961. The second-order valence-corrected chi connectivity index (χ2v) is 11.7. The molecule has 0 radical (unpaired) electrons. The number of rotatable bonds is 2. The van der Waals surface area contributed by atoms with Gasteiger partial charge < -0.3 is 25.5 Å². The third kappa shape index (κ3) is 6.85. The van der Waals surface area contributed by atoms with Gasteiger partial charge in [-0.1, -0.05) is 13.0 Å². The summed E-state index contributed by atoms with van der Waals surface area (Å²) >= 11 is 0. The highest BCUT2D eigenvalue weighted by atomic mass is 32.3. The summed E-state index contributed by atoms with van der Waals surface area (Å²) in [6.07, 6.45) is 5.57. The molecule has 36 heavy (non-hydrogen) atoms. The average Bonchev–Trinajstić information content (AvgIpc) is 3.20. The first-order valence-electron chi connectivity index (χ1n) is 13.4. The summed E-state index contributed by atoms with van der Waals surface area (Å²) in [6.45, 7) is 11.3. The lowest BCUT2D eigenvalue weighted by atomic mass is 9.55. The fourth-order valence-corrected chi connectivity index (χ4v) is 7.06. The summed E-state index contributed by atoms with van der Waals surface area (Å²) in [4.78, 5) is 12.3. The van der Waals surface area contributed by atoms with Gasteiger partial charge in [-0.2, -0.15) is 8.42 Å². The van der Waals surface area contributed by atoms with E-state index in [0.717, 1.165) is 96.4 Å². The number of piperazine rings is 2. The molecular weight excluding hydrogens is 480 g/mol. The van der Waals surface area contributed by atoms with Crippen LogP contribution in [-0.4, -0.2) is 71.1 Å². The minimum atomic E-state index is -4.49. The van der Waals surface area contributed by atoms with Crippen molar-refractivity contribution in [2.45, 2.75) is 51.4 Å². The maximum Gasteiger partial charge on any atom is 0.446 e. The molecule has 6 rings (SSSR count). The van der Waals surface area contributed by atoms with Crippen LogP contribution in [0.5, 0.6) is 5.75 Å². The number of aryl methyl sites for hydroxylation is 1. The molecule has 0 amide bonds. The second kappa shape index (κ2) is 12.3. The maximum atomic E-state index is 12.3. The Morgan fingerprint density at radius 3 is 2.00 bits per heavy atom. The smallest absolute Gasteiger partial charge is 0.362 e. The van der Waals surface area contributed by atoms with E-state index in [1.165, 1.54) is 5.56 Å². The van der Waals surface area contributed by atoms with E-state index in [0.29, 0.717) is 23.5 Å². The molecule has 0 bridgehead atoms. The van der Waals surface area contributed by atoms with Gasteiger partial charge in [0.1, 0.15) is 11.5 Å². The van der Waals surface area contributed by atoms with Crippen LogP contribution in [0.2, 0.25) is 0 Å². The molecular formula is C26H42N4O5S. The minimum absolute atomic E-state index is 0.132. The van der Waals surface area contributed by atoms with E-state index < -0.39 is 10.4 Å². The Hall–Kier alpha value is -1.56. The molecule has 10 heteroatoms. The molecule has 2 saturated carbocycles. The van der Waals surface area contributed by atoms with Gasteiger partial charge in [-0.05, 0) is 73.1 Å². The highest BCUT2D eigenvalue weighted by Crippen LogP contribution is 2.59. The van der Waals surface area contributed by atoms with Crippen LogP contribution in [0.1, 0.15) is 56.1 Å². The molecule has 4 fully saturated rings. The first-order chi connectivity index (χ1) is 17.3. The minimum Gasteiger partial charge on any atom is -0.362 e. The van der Waals surface area contributed by atoms with Gasteiger partial charge in [0.25, 0.3) is 0 Å². The van der Waals surface area contributed by atoms with E-state index in [4.69, 9.17) is 4.55 Å². The Kier molecular flexibility index (Phi) is 9.40. The predicted octanol–water partition coefficient (Wildman–Crippen LogP) is 1.65. The number of hydrogen-bond acceptors (Lipinski definition) is 8. The molecule has 5 aliphatic rings. The average molecular weight is 523 g/mol. The van der Waals surface area contributed by atoms with Crippen molar-refractivity contribution >= 4 is 16.2 Å². The van der Waals surface area contributed by atoms with Crippen molar-refractivity contribution < 1.29 is 21.9 Å². The van der Waals surface area contributed by atoms with Gasteiger partial charge in [0.05, 0.1) is 0 Å². The normalized spacial score (nSPS) is 31.4. The Morgan fingerprint density at radius 1 is 0.889 bits per heavy atom. The molecule has 0 spiro atoms. The van der Waals surface area contributed by atoms with Crippen LogP contribution < -0.4 is 25.5 Å². The molecule has 5 N–H and O–H groups in total. The van der Waals surface area contributed by atoms with Crippen LogP contribution >= 0.6 is 0 Å². The Balaban J connectivity index is 0.000000207. The van der Waals surface area contributed by atoms with Crippen molar-refractivity contribution in [3.05, 3.63) is 29.3 Å². The van der Waals surface area contributed by atoms with Crippen LogP contribution in [0.15, 0.2) is 18.2 Å². The quantitative estimate of drug-likeness (QED) is 0.368. The van der Waals surface area contributed by atoms with E-state index in [1.54, 1.807) is 12.1 Å². The van der Waals surface area contributed by atoms with Gasteiger partial charge in [-0.15, -0.1) is 0 Å². The third-order valence-corrected chi connectivity index (χ3v) is 8.93. The zero-order chi connectivity index (χ0) is 25.6.